The van der Waals surface area contributed by atoms with E-state index in [1.807, 2.05) is 12.1 Å². The van der Waals surface area contributed by atoms with Crippen molar-refractivity contribution in [3.8, 4) is 0 Å². The molecular formula is C12H19N3O. The topological polar surface area (TPSA) is 81.1 Å². The van der Waals surface area contributed by atoms with Crippen LogP contribution in [0, 0.1) is 0 Å². The SMILES string of the molecule is NCCCCCC(=O)Nc1ccccc1N. The number of hydrogen-bond acceptors (Lipinski definition) is 3. The second kappa shape index (κ2) is 6.85. The van der Waals surface area contributed by atoms with E-state index >= 15 is 0 Å². The van der Waals surface area contributed by atoms with Crippen LogP contribution >= 0.6 is 0 Å². The van der Waals surface area contributed by atoms with Crippen LogP contribution in [0.25, 0.3) is 0 Å². The summed E-state index contributed by atoms with van der Waals surface area (Å²) in [4.78, 5) is 11.5. The molecule has 5 N–H and O–H groups in total. The van der Waals surface area contributed by atoms with E-state index in [9.17, 15) is 4.79 Å². The molecule has 0 aliphatic heterocycles. The van der Waals surface area contributed by atoms with Gasteiger partial charge in [0.05, 0.1) is 11.4 Å². The monoisotopic (exact) mass is 221 g/mol. The summed E-state index contributed by atoms with van der Waals surface area (Å²) in [5, 5.41) is 2.79. The first-order chi connectivity index (χ1) is 7.74. The molecule has 1 aromatic rings. The second-order valence-electron chi connectivity index (χ2n) is 3.73. The lowest BCUT2D eigenvalue weighted by atomic mass is 10.2. The number of nitrogens with one attached hydrogen (secondary N) is 1. The standard InChI is InChI=1S/C12H19N3O/c13-9-5-1-2-8-12(16)15-11-7-4-3-6-10(11)14/h3-4,6-7H,1-2,5,8-9,13-14H2,(H,15,16). The van der Waals surface area contributed by atoms with Gasteiger partial charge in [0.1, 0.15) is 0 Å². The molecule has 0 aliphatic rings. The number of carbonyl (C=O) groups is 1. The van der Waals surface area contributed by atoms with Crippen LogP contribution in [0.1, 0.15) is 25.7 Å². The number of nitrogens with two attached hydrogens (primary N) is 2. The molecule has 0 unspecified atom stereocenters. The summed E-state index contributed by atoms with van der Waals surface area (Å²) in [5.74, 6) is 0.00919. The fourth-order valence-corrected chi connectivity index (χ4v) is 1.43. The molecule has 0 saturated carbocycles. The van der Waals surface area contributed by atoms with Crippen LogP contribution in [-0.4, -0.2) is 12.5 Å². The molecule has 0 atom stereocenters. The molecule has 88 valence electrons. The highest BCUT2D eigenvalue weighted by Crippen LogP contribution is 2.17. The minimum Gasteiger partial charge on any atom is -0.397 e. The number of anilines is 2. The molecule has 1 aromatic carbocycles. The van der Waals surface area contributed by atoms with Gasteiger partial charge in [0, 0.05) is 6.42 Å². The molecule has 4 heteroatoms. The molecule has 4 nitrogen and oxygen atoms in total. The van der Waals surface area contributed by atoms with Gasteiger partial charge in [-0.1, -0.05) is 18.6 Å². The number of rotatable bonds is 6. The van der Waals surface area contributed by atoms with E-state index in [0.29, 0.717) is 24.3 Å². The van der Waals surface area contributed by atoms with Crippen molar-refractivity contribution in [2.45, 2.75) is 25.7 Å². The summed E-state index contributed by atoms with van der Waals surface area (Å²) in [5.41, 5.74) is 12.4. The maximum absolute atomic E-state index is 11.5. The summed E-state index contributed by atoms with van der Waals surface area (Å²) >= 11 is 0. The van der Waals surface area contributed by atoms with Gasteiger partial charge in [0.15, 0.2) is 0 Å². The average molecular weight is 221 g/mol. The zero-order valence-electron chi connectivity index (χ0n) is 9.41. The largest absolute Gasteiger partial charge is 0.397 e. The van der Waals surface area contributed by atoms with Crippen LogP contribution in [0.2, 0.25) is 0 Å². The Hall–Kier alpha value is -1.55. The van der Waals surface area contributed by atoms with Crippen molar-refractivity contribution in [2.75, 3.05) is 17.6 Å². The molecule has 16 heavy (non-hydrogen) atoms. The average Bonchev–Trinajstić information content (AvgIpc) is 2.28. The van der Waals surface area contributed by atoms with Crippen molar-refractivity contribution >= 4 is 17.3 Å². The summed E-state index contributed by atoms with van der Waals surface area (Å²) in [6.45, 7) is 0.688. The molecule has 0 fully saturated rings. The van der Waals surface area contributed by atoms with E-state index in [-0.39, 0.29) is 5.91 Å². The van der Waals surface area contributed by atoms with Gasteiger partial charge in [-0.25, -0.2) is 0 Å². The Morgan fingerprint density at radius 3 is 2.62 bits per heavy atom. The van der Waals surface area contributed by atoms with Crippen molar-refractivity contribution in [1.82, 2.24) is 0 Å². The van der Waals surface area contributed by atoms with Crippen molar-refractivity contribution in [3.63, 3.8) is 0 Å². The summed E-state index contributed by atoms with van der Waals surface area (Å²) < 4.78 is 0. The van der Waals surface area contributed by atoms with Crippen molar-refractivity contribution in [2.24, 2.45) is 5.73 Å². The molecule has 0 radical (unpaired) electrons. The first-order valence-corrected chi connectivity index (χ1v) is 5.58. The fraction of sp³-hybridized carbons (Fsp3) is 0.417. The van der Waals surface area contributed by atoms with E-state index in [1.165, 1.54) is 0 Å². The number of carbonyl (C=O) groups excluding carboxylic acids is 1. The van der Waals surface area contributed by atoms with Crippen LogP contribution < -0.4 is 16.8 Å². The van der Waals surface area contributed by atoms with Gasteiger partial charge in [-0.05, 0) is 31.5 Å². The van der Waals surface area contributed by atoms with Crippen molar-refractivity contribution in [1.29, 1.82) is 0 Å². The molecular weight excluding hydrogens is 202 g/mol. The van der Waals surface area contributed by atoms with Gasteiger partial charge in [-0.15, -0.1) is 0 Å². The third kappa shape index (κ3) is 4.31. The van der Waals surface area contributed by atoms with Gasteiger partial charge >= 0.3 is 0 Å². The van der Waals surface area contributed by atoms with Crippen LogP contribution in [0.5, 0.6) is 0 Å². The zero-order chi connectivity index (χ0) is 11.8. The van der Waals surface area contributed by atoms with Gasteiger partial charge in [0.25, 0.3) is 0 Å². The molecule has 0 saturated heterocycles. The lowest BCUT2D eigenvalue weighted by Crippen LogP contribution is -2.12. The first-order valence-electron chi connectivity index (χ1n) is 5.58. The van der Waals surface area contributed by atoms with Crippen molar-refractivity contribution in [3.05, 3.63) is 24.3 Å². The number of unbranched alkanes of at least 4 members (excludes halogenated alkanes) is 2. The minimum atomic E-state index is 0.00919. The quantitative estimate of drug-likeness (QED) is 0.505. The lowest BCUT2D eigenvalue weighted by Gasteiger charge is -2.07. The highest BCUT2D eigenvalue weighted by Gasteiger charge is 2.03. The normalized spacial score (nSPS) is 10.1. The van der Waals surface area contributed by atoms with Crippen molar-refractivity contribution < 1.29 is 4.79 Å². The van der Waals surface area contributed by atoms with Crippen LogP contribution in [-0.2, 0) is 4.79 Å². The van der Waals surface area contributed by atoms with E-state index in [0.717, 1.165) is 19.3 Å². The maximum atomic E-state index is 11.5. The molecule has 0 bridgehead atoms. The maximum Gasteiger partial charge on any atom is 0.224 e. The Morgan fingerprint density at radius 1 is 1.19 bits per heavy atom. The number of benzene rings is 1. The first kappa shape index (κ1) is 12.5. The Labute approximate surface area is 96.0 Å². The van der Waals surface area contributed by atoms with Gasteiger partial charge in [-0.3, -0.25) is 4.79 Å². The highest BCUT2D eigenvalue weighted by atomic mass is 16.1. The molecule has 1 rings (SSSR count). The predicted molar refractivity (Wildman–Crippen MR) is 67.0 cm³/mol. The number of nitrogen functional groups attached to an aromatic ring is 1. The molecule has 0 aromatic heterocycles. The van der Waals surface area contributed by atoms with Gasteiger partial charge < -0.3 is 16.8 Å². The molecule has 0 spiro atoms. The number of hydrogen-bond donors (Lipinski definition) is 3. The second-order valence-corrected chi connectivity index (χ2v) is 3.73. The zero-order valence-corrected chi connectivity index (χ0v) is 9.41. The van der Waals surface area contributed by atoms with Crippen LogP contribution in [0.4, 0.5) is 11.4 Å². The lowest BCUT2D eigenvalue weighted by molar-refractivity contribution is -0.116. The highest BCUT2D eigenvalue weighted by molar-refractivity contribution is 5.93. The smallest absolute Gasteiger partial charge is 0.224 e. The fourth-order valence-electron chi connectivity index (χ4n) is 1.43. The van der Waals surface area contributed by atoms with Gasteiger partial charge in [0.2, 0.25) is 5.91 Å². The Bertz CT molecular complexity index is 339. The van der Waals surface area contributed by atoms with Gasteiger partial charge in [-0.2, -0.15) is 0 Å². The summed E-state index contributed by atoms with van der Waals surface area (Å²) in [6.07, 6.45) is 3.36. The molecule has 0 heterocycles. The van der Waals surface area contributed by atoms with E-state index in [1.54, 1.807) is 12.1 Å². The molecule has 1 amide bonds. The minimum absolute atomic E-state index is 0.00919. The van der Waals surface area contributed by atoms with Crippen LogP contribution in [0.3, 0.4) is 0 Å². The summed E-state index contributed by atoms with van der Waals surface area (Å²) in [6, 6.07) is 7.25. The third-order valence-electron chi connectivity index (χ3n) is 2.34. The Kier molecular flexibility index (Phi) is 5.36. The predicted octanol–water partition coefficient (Wildman–Crippen LogP) is 1.73. The Balaban J connectivity index is 2.32. The summed E-state index contributed by atoms with van der Waals surface area (Å²) in [7, 11) is 0. The van der Waals surface area contributed by atoms with E-state index in [2.05, 4.69) is 5.32 Å². The number of para-hydroxylation sites is 2. The van der Waals surface area contributed by atoms with Crippen LogP contribution in [0.15, 0.2) is 24.3 Å². The Morgan fingerprint density at radius 2 is 1.94 bits per heavy atom. The third-order valence-corrected chi connectivity index (χ3v) is 2.34. The van der Waals surface area contributed by atoms with E-state index in [4.69, 9.17) is 11.5 Å². The number of amides is 1. The molecule has 0 aliphatic carbocycles. The van der Waals surface area contributed by atoms with E-state index < -0.39 is 0 Å².